The summed E-state index contributed by atoms with van der Waals surface area (Å²) in [5.74, 6) is -0.207. The number of hydrogen-bond acceptors (Lipinski definition) is 5. The summed E-state index contributed by atoms with van der Waals surface area (Å²) >= 11 is 0. The summed E-state index contributed by atoms with van der Waals surface area (Å²) in [6.45, 7) is 4.36. The number of hydrogen-bond donors (Lipinski definition) is 1. The monoisotopic (exact) mass is 268 g/mol. The summed E-state index contributed by atoms with van der Waals surface area (Å²) in [5, 5.41) is 8.93. The van der Waals surface area contributed by atoms with E-state index >= 15 is 0 Å². The van der Waals surface area contributed by atoms with Crippen molar-refractivity contribution in [2.24, 2.45) is 0 Å². The molecule has 0 bridgehead atoms. The normalized spacial score (nSPS) is 10.5. The van der Waals surface area contributed by atoms with Crippen LogP contribution in [0, 0.1) is 6.92 Å². The number of ether oxygens (including phenoxy) is 2. The molecule has 0 aromatic carbocycles. The minimum absolute atomic E-state index is 0.194. The summed E-state index contributed by atoms with van der Waals surface area (Å²) in [6, 6.07) is 1.62. The van der Waals surface area contributed by atoms with Crippen LogP contribution in [0.15, 0.2) is 12.3 Å². The molecular formula is C13H20N2O4. The summed E-state index contributed by atoms with van der Waals surface area (Å²) < 4.78 is 10.1. The molecule has 0 saturated heterocycles. The molecule has 1 rings (SSSR count). The Bertz CT molecular complexity index is 415. The van der Waals surface area contributed by atoms with Gasteiger partial charge in [-0.1, -0.05) is 0 Å². The van der Waals surface area contributed by atoms with Crippen molar-refractivity contribution in [2.75, 3.05) is 45.4 Å². The zero-order chi connectivity index (χ0) is 14.3. The zero-order valence-corrected chi connectivity index (χ0v) is 11.5. The Labute approximate surface area is 113 Å². The number of pyridine rings is 1. The van der Waals surface area contributed by atoms with E-state index in [9.17, 15) is 4.79 Å². The van der Waals surface area contributed by atoms with Crippen LogP contribution in [0.4, 0.5) is 5.82 Å². The fourth-order valence-electron chi connectivity index (χ4n) is 1.74. The summed E-state index contributed by atoms with van der Waals surface area (Å²) in [7, 11) is 3.28. The average Bonchev–Trinajstić information content (AvgIpc) is 2.39. The van der Waals surface area contributed by atoms with Gasteiger partial charge in [-0.05, 0) is 18.6 Å². The molecular weight excluding hydrogens is 248 g/mol. The van der Waals surface area contributed by atoms with Crippen molar-refractivity contribution in [2.45, 2.75) is 6.92 Å². The van der Waals surface area contributed by atoms with Crippen molar-refractivity contribution in [3.63, 3.8) is 0 Å². The van der Waals surface area contributed by atoms with Crippen LogP contribution in [0.1, 0.15) is 15.9 Å². The lowest BCUT2D eigenvalue weighted by molar-refractivity contribution is 0.0696. The van der Waals surface area contributed by atoms with Crippen LogP contribution in [0.2, 0.25) is 0 Å². The van der Waals surface area contributed by atoms with Crippen molar-refractivity contribution in [3.05, 3.63) is 23.4 Å². The molecule has 0 amide bonds. The molecule has 0 aliphatic rings. The van der Waals surface area contributed by atoms with Gasteiger partial charge in [0.05, 0.1) is 18.8 Å². The van der Waals surface area contributed by atoms with Crippen LogP contribution in [0.5, 0.6) is 0 Å². The lowest BCUT2D eigenvalue weighted by Gasteiger charge is -2.24. The van der Waals surface area contributed by atoms with Crippen molar-refractivity contribution in [1.82, 2.24) is 4.98 Å². The van der Waals surface area contributed by atoms with Crippen LogP contribution in [-0.2, 0) is 9.47 Å². The molecule has 0 fully saturated rings. The largest absolute Gasteiger partial charge is 0.478 e. The zero-order valence-electron chi connectivity index (χ0n) is 11.5. The summed E-state index contributed by atoms with van der Waals surface area (Å²) in [4.78, 5) is 17.1. The quantitative estimate of drug-likeness (QED) is 0.763. The third kappa shape index (κ3) is 4.50. The highest BCUT2D eigenvalue weighted by Crippen LogP contribution is 2.17. The van der Waals surface area contributed by atoms with E-state index < -0.39 is 5.97 Å². The molecule has 1 aromatic rings. The Kier molecular flexibility index (Phi) is 6.24. The van der Waals surface area contributed by atoms with E-state index in [1.54, 1.807) is 20.3 Å². The van der Waals surface area contributed by atoms with E-state index in [0.717, 1.165) is 11.4 Å². The van der Waals surface area contributed by atoms with Gasteiger partial charge in [-0.15, -0.1) is 0 Å². The highest BCUT2D eigenvalue weighted by Gasteiger charge is 2.13. The summed E-state index contributed by atoms with van der Waals surface area (Å²) in [5.41, 5.74) is 1.02. The van der Waals surface area contributed by atoms with Crippen LogP contribution in [0.25, 0.3) is 0 Å². The SMILES string of the molecule is COCCN(CCOC)c1ncc(C(=O)O)cc1C. The molecule has 0 saturated carbocycles. The van der Waals surface area contributed by atoms with E-state index in [1.165, 1.54) is 6.20 Å². The fourth-order valence-corrected chi connectivity index (χ4v) is 1.74. The second kappa shape index (κ2) is 7.70. The standard InChI is InChI=1S/C13H20N2O4/c1-10-8-11(13(16)17)9-14-12(10)15(4-6-18-2)5-7-19-3/h8-9H,4-7H2,1-3H3,(H,16,17). The van der Waals surface area contributed by atoms with E-state index in [-0.39, 0.29) is 5.56 Å². The number of carbonyl (C=O) groups is 1. The number of nitrogens with zero attached hydrogens (tertiary/aromatic N) is 2. The van der Waals surface area contributed by atoms with Crippen molar-refractivity contribution in [1.29, 1.82) is 0 Å². The Morgan fingerprint density at radius 3 is 2.32 bits per heavy atom. The van der Waals surface area contributed by atoms with E-state index in [0.29, 0.717) is 26.3 Å². The molecule has 6 heteroatoms. The fraction of sp³-hybridized carbons (Fsp3) is 0.538. The van der Waals surface area contributed by atoms with Gasteiger partial charge < -0.3 is 19.5 Å². The van der Waals surface area contributed by atoms with Gasteiger partial charge in [-0.25, -0.2) is 9.78 Å². The predicted molar refractivity (Wildman–Crippen MR) is 71.9 cm³/mol. The molecule has 106 valence electrons. The van der Waals surface area contributed by atoms with Gasteiger partial charge in [0, 0.05) is 33.5 Å². The first-order chi connectivity index (χ1) is 9.10. The number of aromatic nitrogens is 1. The Hall–Kier alpha value is -1.66. The molecule has 6 nitrogen and oxygen atoms in total. The second-order valence-corrected chi connectivity index (χ2v) is 4.14. The number of aryl methyl sites for hydroxylation is 1. The number of rotatable bonds is 8. The molecule has 0 aliphatic carbocycles. The van der Waals surface area contributed by atoms with E-state index in [2.05, 4.69) is 4.98 Å². The Balaban J connectivity index is 2.90. The Morgan fingerprint density at radius 2 is 1.89 bits per heavy atom. The maximum absolute atomic E-state index is 10.9. The van der Waals surface area contributed by atoms with Crippen molar-refractivity contribution < 1.29 is 19.4 Å². The maximum Gasteiger partial charge on any atom is 0.337 e. The molecule has 0 aliphatic heterocycles. The highest BCUT2D eigenvalue weighted by atomic mass is 16.5. The van der Waals surface area contributed by atoms with Gasteiger partial charge in [0.1, 0.15) is 5.82 Å². The van der Waals surface area contributed by atoms with Gasteiger partial charge in [0.2, 0.25) is 0 Å². The highest BCUT2D eigenvalue weighted by molar-refractivity contribution is 5.87. The van der Waals surface area contributed by atoms with Crippen LogP contribution >= 0.6 is 0 Å². The average molecular weight is 268 g/mol. The van der Waals surface area contributed by atoms with Gasteiger partial charge in [0.15, 0.2) is 0 Å². The molecule has 0 radical (unpaired) electrons. The van der Waals surface area contributed by atoms with Gasteiger partial charge in [0.25, 0.3) is 0 Å². The Morgan fingerprint density at radius 1 is 1.32 bits per heavy atom. The van der Waals surface area contributed by atoms with Gasteiger partial charge in [-0.3, -0.25) is 0 Å². The number of carboxylic acids is 1. The molecule has 0 atom stereocenters. The smallest absolute Gasteiger partial charge is 0.337 e. The molecule has 0 spiro atoms. The van der Waals surface area contributed by atoms with Gasteiger partial charge >= 0.3 is 5.97 Å². The second-order valence-electron chi connectivity index (χ2n) is 4.14. The number of anilines is 1. The van der Waals surface area contributed by atoms with Gasteiger partial charge in [-0.2, -0.15) is 0 Å². The molecule has 0 unspecified atom stereocenters. The third-order valence-corrected chi connectivity index (χ3v) is 2.73. The minimum atomic E-state index is -0.970. The lowest BCUT2D eigenvalue weighted by atomic mass is 10.2. The van der Waals surface area contributed by atoms with Crippen molar-refractivity contribution >= 4 is 11.8 Å². The van der Waals surface area contributed by atoms with Crippen LogP contribution < -0.4 is 4.90 Å². The number of methoxy groups -OCH3 is 2. The van der Waals surface area contributed by atoms with E-state index in [4.69, 9.17) is 14.6 Å². The summed E-state index contributed by atoms with van der Waals surface area (Å²) in [6.07, 6.45) is 1.37. The van der Waals surface area contributed by atoms with Crippen molar-refractivity contribution in [3.8, 4) is 0 Å². The first kappa shape index (κ1) is 15.4. The lowest BCUT2D eigenvalue weighted by Crippen LogP contribution is -2.32. The minimum Gasteiger partial charge on any atom is -0.478 e. The third-order valence-electron chi connectivity index (χ3n) is 2.73. The maximum atomic E-state index is 10.9. The number of aromatic carboxylic acids is 1. The molecule has 1 heterocycles. The number of carboxylic acid groups (broad SMARTS) is 1. The van der Waals surface area contributed by atoms with Crippen LogP contribution in [-0.4, -0.2) is 56.6 Å². The first-order valence-electron chi connectivity index (χ1n) is 6.03. The predicted octanol–water partition coefficient (Wildman–Crippen LogP) is 1.19. The molecule has 1 N–H and O–H groups in total. The first-order valence-corrected chi connectivity index (χ1v) is 6.03. The topological polar surface area (TPSA) is 71.9 Å². The van der Waals surface area contributed by atoms with Crippen LogP contribution in [0.3, 0.4) is 0 Å². The van der Waals surface area contributed by atoms with E-state index in [1.807, 2.05) is 11.8 Å². The molecule has 19 heavy (non-hydrogen) atoms. The molecule has 1 aromatic heterocycles.